The van der Waals surface area contributed by atoms with E-state index in [1.807, 2.05) is 0 Å². The number of anilines is 1. The largest absolute Gasteiger partial charge is 0.311 e. The molecule has 0 aliphatic rings. The third kappa shape index (κ3) is 0.990. The first-order valence-corrected chi connectivity index (χ1v) is 4.00. The highest BCUT2D eigenvalue weighted by atomic mass is 16.1. The normalized spacial score (nSPS) is 10.8. The summed E-state index contributed by atoms with van der Waals surface area (Å²) < 4.78 is 2.90. The van der Waals surface area contributed by atoms with Gasteiger partial charge >= 0.3 is 0 Å². The molecular formula is C7H10N6O. The molecule has 0 aliphatic heterocycles. The van der Waals surface area contributed by atoms with E-state index in [1.165, 1.54) is 4.68 Å². The molecule has 0 aromatic carbocycles. The standard InChI is InChI=1S/C7H10N6O/c1-12-4-3-9-13(2)6(14)5(4)10-7(12)11-8/h3H,8H2,1-2H3,(H,10,11). The van der Waals surface area contributed by atoms with E-state index in [4.69, 9.17) is 5.84 Å². The predicted octanol–water partition coefficient (Wildman–Crippen LogP) is -1.05. The second kappa shape index (κ2) is 2.81. The Hall–Kier alpha value is -1.89. The van der Waals surface area contributed by atoms with Gasteiger partial charge in [-0.2, -0.15) is 5.10 Å². The molecule has 2 aromatic heterocycles. The average Bonchev–Trinajstić information content (AvgIpc) is 2.50. The zero-order chi connectivity index (χ0) is 10.3. The van der Waals surface area contributed by atoms with Gasteiger partial charge in [-0.25, -0.2) is 15.5 Å². The van der Waals surface area contributed by atoms with E-state index in [2.05, 4.69) is 15.5 Å². The lowest BCUT2D eigenvalue weighted by atomic mass is 10.4. The van der Waals surface area contributed by atoms with Gasteiger partial charge in [-0.1, -0.05) is 0 Å². The van der Waals surface area contributed by atoms with Crippen LogP contribution in [-0.4, -0.2) is 19.3 Å². The van der Waals surface area contributed by atoms with Crippen LogP contribution in [0.2, 0.25) is 0 Å². The van der Waals surface area contributed by atoms with Gasteiger partial charge in [0.1, 0.15) is 0 Å². The Bertz CT molecular complexity index is 539. The molecule has 0 fully saturated rings. The molecule has 0 amide bonds. The van der Waals surface area contributed by atoms with E-state index in [9.17, 15) is 4.79 Å². The first kappa shape index (κ1) is 8.70. The molecule has 0 spiro atoms. The van der Waals surface area contributed by atoms with Gasteiger partial charge in [0.15, 0.2) is 5.52 Å². The second-order valence-electron chi connectivity index (χ2n) is 2.95. The van der Waals surface area contributed by atoms with Crippen molar-refractivity contribution in [2.75, 3.05) is 5.43 Å². The van der Waals surface area contributed by atoms with Crippen molar-refractivity contribution in [1.29, 1.82) is 0 Å². The number of hydrogen-bond acceptors (Lipinski definition) is 5. The lowest BCUT2D eigenvalue weighted by Gasteiger charge is -1.98. The Labute approximate surface area is 79.1 Å². The summed E-state index contributed by atoms with van der Waals surface area (Å²) in [6, 6.07) is 0. The number of nitrogens with two attached hydrogens (primary N) is 1. The van der Waals surface area contributed by atoms with Crippen molar-refractivity contribution in [2.45, 2.75) is 0 Å². The minimum Gasteiger partial charge on any atom is -0.311 e. The van der Waals surface area contributed by atoms with Crippen LogP contribution in [0.5, 0.6) is 0 Å². The number of aromatic nitrogens is 4. The van der Waals surface area contributed by atoms with E-state index in [1.54, 1.807) is 24.9 Å². The topological polar surface area (TPSA) is 90.8 Å². The summed E-state index contributed by atoms with van der Waals surface area (Å²) >= 11 is 0. The molecule has 0 radical (unpaired) electrons. The number of aryl methyl sites for hydroxylation is 2. The number of hydrogen-bond donors (Lipinski definition) is 2. The van der Waals surface area contributed by atoms with E-state index in [0.29, 0.717) is 17.0 Å². The number of fused-ring (bicyclic) bond motifs is 1. The third-order valence-corrected chi connectivity index (χ3v) is 2.12. The summed E-state index contributed by atoms with van der Waals surface area (Å²) in [4.78, 5) is 15.6. The lowest BCUT2D eigenvalue weighted by Crippen LogP contribution is -2.19. The summed E-state index contributed by atoms with van der Waals surface area (Å²) in [5, 5.41) is 3.89. The number of nitrogens with zero attached hydrogens (tertiary/aromatic N) is 4. The van der Waals surface area contributed by atoms with Gasteiger partial charge in [-0.05, 0) is 0 Å². The summed E-state index contributed by atoms with van der Waals surface area (Å²) in [6.45, 7) is 0. The van der Waals surface area contributed by atoms with Gasteiger partial charge < -0.3 is 4.57 Å². The van der Waals surface area contributed by atoms with Crippen LogP contribution in [0.4, 0.5) is 5.95 Å². The average molecular weight is 194 g/mol. The maximum atomic E-state index is 11.6. The van der Waals surface area contributed by atoms with Crippen LogP contribution in [0.25, 0.3) is 11.0 Å². The first-order valence-electron chi connectivity index (χ1n) is 4.00. The van der Waals surface area contributed by atoms with Crippen molar-refractivity contribution in [2.24, 2.45) is 19.9 Å². The van der Waals surface area contributed by atoms with Crippen LogP contribution < -0.4 is 16.8 Å². The molecule has 0 atom stereocenters. The number of nitrogen functional groups attached to an aromatic ring is 1. The highest BCUT2D eigenvalue weighted by Crippen LogP contribution is 2.11. The fourth-order valence-corrected chi connectivity index (χ4v) is 1.29. The Kier molecular flexibility index (Phi) is 1.74. The first-order chi connectivity index (χ1) is 6.65. The molecule has 7 nitrogen and oxygen atoms in total. The SMILES string of the molecule is Cn1ncc2c(nc(NN)n2C)c1=O. The zero-order valence-electron chi connectivity index (χ0n) is 7.85. The Balaban J connectivity index is 2.92. The molecule has 14 heavy (non-hydrogen) atoms. The van der Waals surface area contributed by atoms with Gasteiger partial charge in [0.05, 0.1) is 11.7 Å². The predicted molar refractivity (Wildman–Crippen MR) is 51.6 cm³/mol. The van der Waals surface area contributed by atoms with E-state index >= 15 is 0 Å². The van der Waals surface area contributed by atoms with Crippen molar-refractivity contribution in [1.82, 2.24) is 19.3 Å². The fourth-order valence-electron chi connectivity index (χ4n) is 1.29. The smallest absolute Gasteiger partial charge is 0.294 e. The summed E-state index contributed by atoms with van der Waals surface area (Å²) in [5.74, 6) is 5.68. The van der Waals surface area contributed by atoms with Gasteiger partial charge in [0.25, 0.3) is 5.56 Å². The van der Waals surface area contributed by atoms with Gasteiger partial charge in [0, 0.05) is 14.1 Å². The highest BCUT2D eigenvalue weighted by Gasteiger charge is 2.10. The van der Waals surface area contributed by atoms with Gasteiger partial charge in [-0.3, -0.25) is 10.2 Å². The van der Waals surface area contributed by atoms with Crippen LogP contribution in [0.1, 0.15) is 0 Å². The Morgan fingerprint density at radius 3 is 2.86 bits per heavy atom. The maximum absolute atomic E-state index is 11.6. The highest BCUT2D eigenvalue weighted by molar-refractivity contribution is 5.76. The summed E-state index contributed by atoms with van der Waals surface area (Å²) in [7, 11) is 3.33. The monoisotopic (exact) mass is 194 g/mol. The number of nitrogens with one attached hydrogen (secondary N) is 1. The minimum absolute atomic E-state index is 0.236. The molecule has 0 saturated heterocycles. The molecular weight excluding hydrogens is 184 g/mol. The van der Waals surface area contributed by atoms with Crippen LogP contribution >= 0.6 is 0 Å². The molecule has 0 saturated carbocycles. The molecule has 2 heterocycles. The summed E-state index contributed by atoms with van der Waals surface area (Å²) in [5.41, 5.74) is 3.18. The van der Waals surface area contributed by atoms with Crippen molar-refractivity contribution in [3.63, 3.8) is 0 Å². The third-order valence-electron chi connectivity index (χ3n) is 2.12. The van der Waals surface area contributed by atoms with Crippen LogP contribution in [0, 0.1) is 0 Å². The molecule has 74 valence electrons. The van der Waals surface area contributed by atoms with Crippen LogP contribution in [0.3, 0.4) is 0 Å². The van der Waals surface area contributed by atoms with Crippen LogP contribution in [-0.2, 0) is 14.1 Å². The molecule has 7 heteroatoms. The molecule has 3 N–H and O–H groups in total. The second-order valence-corrected chi connectivity index (χ2v) is 2.95. The number of imidazole rings is 1. The quantitative estimate of drug-likeness (QED) is 0.446. The maximum Gasteiger partial charge on any atom is 0.294 e. The zero-order valence-corrected chi connectivity index (χ0v) is 7.85. The van der Waals surface area contributed by atoms with Crippen molar-refractivity contribution >= 4 is 17.0 Å². The van der Waals surface area contributed by atoms with Crippen molar-refractivity contribution in [3.05, 3.63) is 16.6 Å². The fraction of sp³-hybridized carbons (Fsp3) is 0.286. The van der Waals surface area contributed by atoms with Crippen molar-refractivity contribution in [3.8, 4) is 0 Å². The molecule has 2 aromatic rings. The lowest BCUT2D eigenvalue weighted by molar-refractivity contribution is 0.715. The Morgan fingerprint density at radius 1 is 1.50 bits per heavy atom. The van der Waals surface area contributed by atoms with Crippen molar-refractivity contribution < 1.29 is 0 Å². The molecule has 0 aliphatic carbocycles. The van der Waals surface area contributed by atoms with E-state index in [-0.39, 0.29) is 5.56 Å². The van der Waals surface area contributed by atoms with E-state index in [0.717, 1.165) is 0 Å². The van der Waals surface area contributed by atoms with Crippen LogP contribution in [0.15, 0.2) is 11.0 Å². The molecule has 2 rings (SSSR count). The van der Waals surface area contributed by atoms with Gasteiger partial charge in [-0.15, -0.1) is 0 Å². The number of rotatable bonds is 1. The van der Waals surface area contributed by atoms with Gasteiger partial charge in [0.2, 0.25) is 5.95 Å². The minimum atomic E-state index is -0.236. The Morgan fingerprint density at radius 2 is 2.21 bits per heavy atom. The number of hydrazine groups is 1. The van der Waals surface area contributed by atoms with E-state index < -0.39 is 0 Å². The molecule has 0 unspecified atom stereocenters. The summed E-state index contributed by atoms with van der Waals surface area (Å²) in [6.07, 6.45) is 1.57. The molecule has 0 bridgehead atoms.